The third-order valence-corrected chi connectivity index (χ3v) is 3.04. The first-order valence-corrected chi connectivity index (χ1v) is 6.28. The van der Waals surface area contributed by atoms with Crippen molar-refractivity contribution in [3.8, 4) is 0 Å². The number of nitrogens with one attached hydrogen (secondary N) is 3. The SMILES string of the molecule is CNc1cc(NCC2CCCCN2)nc(C)n1. The molecular formula is C12H21N5. The molecule has 1 aromatic rings. The minimum atomic E-state index is 0.567. The number of nitrogens with zero attached hydrogens (tertiary/aromatic N) is 2. The van der Waals surface area contributed by atoms with Crippen LogP contribution in [-0.2, 0) is 0 Å². The zero-order valence-electron chi connectivity index (χ0n) is 10.6. The van der Waals surface area contributed by atoms with E-state index in [2.05, 4.69) is 25.9 Å². The van der Waals surface area contributed by atoms with E-state index in [0.29, 0.717) is 6.04 Å². The van der Waals surface area contributed by atoms with E-state index in [1.165, 1.54) is 19.3 Å². The monoisotopic (exact) mass is 235 g/mol. The highest BCUT2D eigenvalue weighted by Gasteiger charge is 2.12. The quantitative estimate of drug-likeness (QED) is 0.736. The summed E-state index contributed by atoms with van der Waals surface area (Å²) in [4.78, 5) is 8.65. The Morgan fingerprint density at radius 1 is 1.35 bits per heavy atom. The van der Waals surface area contributed by atoms with Gasteiger partial charge in [0.05, 0.1) is 0 Å². The van der Waals surface area contributed by atoms with Crippen LogP contribution >= 0.6 is 0 Å². The summed E-state index contributed by atoms with van der Waals surface area (Å²) in [5.74, 6) is 2.54. The molecule has 1 aliphatic heterocycles. The Hall–Kier alpha value is -1.36. The first-order chi connectivity index (χ1) is 8.28. The molecule has 5 heteroatoms. The zero-order chi connectivity index (χ0) is 12.1. The van der Waals surface area contributed by atoms with Gasteiger partial charge in [-0.2, -0.15) is 0 Å². The van der Waals surface area contributed by atoms with Crippen LogP contribution < -0.4 is 16.0 Å². The van der Waals surface area contributed by atoms with Gasteiger partial charge >= 0.3 is 0 Å². The van der Waals surface area contributed by atoms with Gasteiger partial charge < -0.3 is 16.0 Å². The lowest BCUT2D eigenvalue weighted by molar-refractivity contribution is 0.414. The van der Waals surface area contributed by atoms with Crippen molar-refractivity contribution in [3.63, 3.8) is 0 Å². The fourth-order valence-corrected chi connectivity index (χ4v) is 2.11. The molecule has 1 unspecified atom stereocenters. The Labute approximate surface area is 102 Å². The molecular weight excluding hydrogens is 214 g/mol. The van der Waals surface area contributed by atoms with Gasteiger partial charge in [-0.05, 0) is 26.3 Å². The standard InChI is InChI=1S/C12H21N5/c1-9-16-11(13-2)7-12(17-9)15-8-10-5-3-4-6-14-10/h7,10,14H,3-6,8H2,1-2H3,(H2,13,15,16,17). The molecule has 0 saturated carbocycles. The summed E-state index contributed by atoms with van der Waals surface area (Å²) >= 11 is 0. The van der Waals surface area contributed by atoms with Gasteiger partial charge in [0.1, 0.15) is 17.5 Å². The first kappa shape index (κ1) is 12.1. The second-order valence-corrected chi connectivity index (χ2v) is 4.46. The molecule has 1 fully saturated rings. The predicted octanol–water partition coefficient (Wildman–Crippen LogP) is 1.38. The van der Waals surface area contributed by atoms with Gasteiger partial charge in [0.15, 0.2) is 0 Å². The van der Waals surface area contributed by atoms with Crippen LogP contribution in [0.4, 0.5) is 11.6 Å². The Bertz CT molecular complexity index is 360. The molecule has 0 bridgehead atoms. The van der Waals surface area contributed by atoms with Crippen LogP contribution in [0.15, 0.2) is 6.07 Å². The zero-order valence-corrected chi connectivity index (χ0v) is 10.6. The molecule has 3 N–H and O–H groups in total. The highest BCUT2D eigenvalue weighted by Crippen LogP contribution is 2.12. The van der Waals surface area contributed by atoms with Crippen LogP contribution in [0.5, 0.6) is 0 Å². The van der Waals surface area contributed by atoms with E-state index in [9.17, 15) is 0 Å². The molecule has 0 aliphatic carbocycles. The second-order valence-electron chi connectivity index (χ2n) is 4.46. The number of piperidine rings is 1. The molecule has 1 aromatic heterocycles. The maximum Gasteiger partial charge on any atom is 0.131 e. The molecule has 0 spiro atoms. The Kier molecular flexibility index (Phi) is 4.14. The van der Waals surface area contributed by atoms with Gasteiger partial charge in [0, 0.05) is 25.7 Å². The summed E-state index contributed by atoms with van der Waals surface area (Å²) < 4.78 is 0. The molecule has 2 heterocycles. The van der Waals surface area contributed by atoms with Crippen LogP contribution in [0, 0.1) is 6.92 Å². The molecule has 0 aromatic carbocycles. The van der Waals surface area contributed by atoms with Crippen LogP contribution in [0.2, 0.25) is 0 Å². The molecule has 1 saturated heterocycles. The highest BCUT2D eigenvalue weighted by molar-refractivity contribution is 5.47. The van der Waals surface area contributed by atoms with Crippen LogP contribution in [0.1, 0.15) is 25.1 Å². The van der Waals surface area contributed by atoms with E-state index in [-0.39, 0.29) is 0 Å². The number of hydrogen-bond acceptors (Lipinski definition) is 5. The van der Waals surface area contributed by atoms with Gasteiger partial charge in [-0.25, -0.2) is 9.97 Å². The topological polar surface area (TPSA) is 61.9 Å². The van der Waals surface area contributed by atoms with Crippen molar-refractivity contribution >= 4 is 11.6 Å². The first-order valence-electron chi connectivity index (χ1n) is 6.28. The highest BCUT2D eigenvalue weighted by atomic mass is 15.1. The Balaban J connectivity index is 1.91. The molecule has 17 heavy (non-hydrogen) atoms. The maximum atomic E-state index is 4.38. The fourth-order valence-electron chi connectivity index (χ4n) is 2.11. The summed E-state index contributed by atoms with van der Waals surface area (Å²) in [6, 6.07) is 2.51. The molecule has 1 atom stereocenters. The molecule has 0 amide bonds. The summed E-state index contributed by atoms with van der Waals surface area (Å²) in [6.45, 7) is 3.97. The van der Waals surface area contributed by atoms with E-state index in [4.69, 9.17) is 0 Å². The molecule has 5 nitrogen and oxygen atoms in total. The molecule has 2 rings (SSSR count). The van der Waals surface area contributed by atoms with Crippen molar-refractivity contribution < 1.29 is 0 Å². The summed E-state index contributed by atoms with van der Waals surface area (Å²) in [6.07, 6.45) is 3.87. The summed E-state index contributed by atoms with van der Waals surface area (Å²) in [7, 11) is 1.87. The third-order valence-electron chi connectivity index (χ3n) is 3.04. The smallest absolute Gasteiger partial charge is 0.131 e. The third kappa shape index (κ3) is 3.56. The Morgan fingerprint density at radius 2 is 2.18 bits per heavy atom. The second kappa shape index (κ2) is 5.82. The minimum absolute atomic E-state index is 0.567. The minimum Gasteiger partial charge on any atom is -0.373 e. The number of hydrogen-bond donors (Lipinski definition) is 3. The van der Waals surface area contributed by atoms with E-state index < -0.39 is 0 Å². The van der Waals surface area contributed by atoms with Crippen molar-refractivity contribution in [1.29, 1.82) is 0 Å². The number of anilines is 2. The number of rotatable bonds is 4. The van der Waals surface area contributed by atoms with Crippen LogP contribution in [0.25, 0.3) is 0 Å². The number of aromatic nitrogens is 2. The normalized spacial score (nSPS) is 20.0. The van der Waals surface area contributed by atoms with Gasteiger partial charge in [0.2, 0.25) is 0 Å². The van der Waals surface area contributed by atoms with E-state index in [1.807, 2.05) is 20.0 Å². The fraction of sp³-hybridized carbons (Fsp3) is 0.667. The van der Waals surface area contributed by atoms with Crippen LogP contribution in [0.3, 0.4) is 0 Å². The molecule has 0 radical (unpaired) electrons. The predicted molar refractivity (Wildman–Crippen MR) is 70.4 cm³/mol. The lowest BCUT2D eigenvalue weighted by atomic mass is 10.1. The van der Waals surface area contributed by atoms with Gasteiger partial charge in [-0.15, -0.1) is 0 Å². The summed E-state index contributed by atoms with van der Waals surface area (Å²) in [5, 5.41) is 9.93. The Morgan fingerprint density at radius 3 is 2.88 bits per heavy atom. The van der Waals surface area contributed by atoms with E-state index in [1.54, 1.807) is 0 Å². The van der Waals surface area contributed by atoms with Crippen molar-refractivity contribution in [2.24, 2.45) is 0 Å². The molecule has 94 valence electrons. The lowest BCUT2D eigenvalue weighted by Gasteiger charge is -2.23. The largest absolute Gasteiger partial charge is 0.373 e. The van der Waals surface area contributed by atoms with Crippen molar-refractivity contribution in [1.82, 2.24) is 15.3 Å². The average molecular weight is 235 g/mol. The van der Waals surface area contributed by atoms with E-state index >= 15 is 0 Å². The average Bonchev–Trinajstić information content (AvgIpc) is 2.37. The van der Waals surface area contributed by atoms with Crippen molar-refractivity contribution in [2.45, 2.75) is 32.2 Å². The van der Waals surface area contributed by atoms with Gasteiger partial charge in [-0.1, -0.05) is 6.42 Å². The van der Waals surface area contributed by atoms with E-state index in [0.717, 1.165) is 30.5 Å². The van der Waals surface area contributed by atoms with Crippen LogP contribution in [-0.4, -0.2) is 36.1 Å². The lowest BCUT2D eigenvalue weighted by Crippen LogP contribution is -2.39. The summed E-state index contributed by atoms with van der Waals surface area (Å²) in [5.41, 5.74) is 0. The van der Waals surface area contributed by atoms with Gasteiger partial charge in [0.25, 0.3) is 0 Å². The van der Waals surface area contributed by atoms with Gasteiger partial charge in [-0.3, -0.25) is 0 Å². The molecule has 1 aliphatic rings. The van der Waals surface area contributed by atoms with Crippen molar-refractivity contribution in [2.75, 3.05) is 30.8 Å². The maximum absolute atomic E-state index is 4.38. The van der Waals surface area contributed by atoms with Crippen molar-refractivity contribution in [3.05, 3.63) is 11.9 Å². The number of aryl methyl sites for hydroxylation is 1.